The van der Waals surface area contributed by atoms with Gasteiger partial charge in [0, 0.05) is 24.0 Å². The maximum absolute atomic E-state index is 13.0. The Hall–Kier alpha value is -2.25. The van der Waals surface area contributed by atoms with E-state index in [1.165, 1.54) is 23.1 Å². The van der Waals surface area contributed by atoms with E-state index in [1.807, 2.05) is 20.8 Å². The molecule has 28 heavy (non-hydrogen) atoms. The SMILES string of the molecule is CC(C)(C)N(C(=O)O)C1CCC(C(=O)NCc2ccccc2C(F)(F)F)CC1. The number of alkyl halides is 3. The van der Waals surface area contributed by atoms with Crippen molar-refractivity contribution >= 4 is 12.0 Å². The Morgan fingerprint density at radius 3 is 2.18 bits per heavy atom. The van der Waals surface area contributed by atoms with Gasteiger partial charge in [-0.3, -0.25) is 4.79 Å². The molecule has 0 atom stereocenters. The molecule has 0 radical (unpaired) electrons. The lowest BCUT2D eigenvalue weighted by Gasteiger charge is -2.42. The Morgan fingerprint density at radius 1 is 1.11 bits per heavy atom. The Bertz CT molecular complexity index is 705. The number of carbonyl (C=O) groups excluding carboxylic acids is 1. The zero-order valence-electron chi connectivity index (χ0n) is 16.3. The number of nitrogens with one attached hydrogen (secondary N) is 1. The lowest BCUT2D eigenvalue weighted by Crippen LogP contribution is -2.52. The van der Waals surface area contributed by atoms with E-state index in [-0.39, 0.29) is 30.0 Å². The van der Waals surface area contributed by atoms with E-state index >= 15 is 0 Å². The van der Waals surface area contributed by atoms with Crippen molar-refractivity contribution in [1.82, 2.24) is 10.2 Å². The van der Waals surface area contributed by atoms with E-state index in [0.717, 1.165) is 6.07 Å². The molecule has 0 saturated heterocycles. The highest BCUT2D eigenvalue weighted by molar-refractivity contribution is 5.78. The molecule has 0 aromatic heterocycles. The van der Waals surface area contributed by atoms with Gasteiger partial charge in [-0.05, 0) is 58.1 Å². The Labute approximate surface area is 162 Å². The van der Waals surface area contributed by atoms with Crippen LogP contribution in [0.4, 0.5) is 18.0 Å². The molecule has 1 aromatic carbocycles. The molecule has 1 aliphatic rings. The average molecular weight is 400 g/mol. The Kier molecular flexibility index (Phi) is 6.62. The molecule has 1 aliphatic carbocycles. The summed E-state index contributed by atoms with van der Waals surface area (Å²) in [6.45, 7) is 5.31. The van der Waals surface area contributed by atoms with E-state index < -0.39 is 23.4 Å². The molecule has 2 N–H and O–H groups in total. The van der Waals surface area contributed by atoms with E-state index in [9.17, 15) is 27.9 Å². The number of halogens is 3. The van der Waals surface area contributed by atoms with Gasteiger partial charge in [-0.15, -0.1) is 0 Å². The first kappa shape index (κ1) is 22.0. The van der Waals surface area contributed by atoms with Gasteiger partial charge in [-0.25, -0.2) is 4.79 Å². The molecule has 0 bridgehead atoms. The Morgan fingerprint density at radius 2 is 1.68 bits per heavy atom. The molecule has 0 spiro atoms. The van der Waals surface area contributed by atoms with Gasteiger partial charge >= 0.3 is 12.3 Å². The number of amides is 2. The smallest absolute Gasteiger partial charge is 0.416 e. The van der Waals surface area contributed by atoms with Crippen molar-refractivity contribution in [1.29, 1.82) is 0 Å². The Balaban J connectivity index is 1.94. The normalized spacial score (nSPS) is 20.5. The molecule has 0 unspecified atom stereocenters. The van der Waals surface area contributed by atoms with E-state index in [0.29, 0.717) is 25.7 Å². The standard InChI is InChI=1S/C20H27F3N2O3/c1-19(2,3)25(18(27)28)15-10-8-13(9-11-15)17(26)24-12-14-6-4-5-7-16(14)20(21,22)23/h4-7,13,15H,8-12H2,1-3H3,(H,24,26)(H,27,28). The molecule has 1 fully saturated rings. The highest BCUT2D eigenvalue weighted by atomic mass is 19.4. The van der Waals surface area contributed by atoms with Crippen LogP contribution in [0.3, 0.4) is 0 Å². The van der Waals surface area contributed by atoms with Crippen LogP contribution >= 0.6 is 0 Å². The van der Waals surface area contributed by atoms with Crippen molar-refractivity contribution in [3.63, 3.8) is 0 Å². The van der Waals surface area contributed by atoms with Gasteiger partial charge in [0.25, 0.3) is 0 Å². The number of rotatable bonds is 4. The maximum Gasteiger partial charge on any atom is 0.416 e. The van der Waals surface area contributed by atoms with Gasteiger partial charge < -0.3 is 15.3 Å². The van der Waals surface area contributed by atoms with Crippen molar-refractivity contribution in [2.24, 2.45) is 5.92 Å². The molecule has 8 heteroatoms. The lowest BCUT2D eigenvalue weighted by atomic mass is 9.83. The fourth-order valence-corrected chi connectivity index (χ4v) is 3.86. The van der Waals surface area contributed by atoms with E-state index in [1.54, 1.807) is 0 Å². The predicted molar refractivity (Wildman–Crippen MR) is 98.7 cm³/mol. The second kappa shape index (κ2) is 8.41. The van der Waals surface area contributed by atoms with Crippen molar-refractivity contribution in [2.75, 3.05) is 0 Å². The van der Waals surface area contributed by atoms with Crippen LogP contribution in [-0.4, -0.2) is 33.6 Å². The number of carbonyl (C=O) groups is 2. The number of nitrogens with zero attached hydrogens (tertiary/aromatic N) is 1. The summed E-state index contributed by atoms with van der Waals surface area (Å²) in [6.07, 6.45) is -3.31. The number of hydrogen-bond acceptors (Lipinski definition) is 2. The summed E-state index contributed by atoms with van der Waals surface area (Å²) in [6, 6.07) is 5.02. The lowest BCUT2D eigenvalue weighted by molar-refractivity contribution is -0.138. The minimum Gasteiger partial charge on any atom is -0.465 e. The van der Waals surface area contributed by atoms with Crippen LogP contribution in [0.5, 0.6) is 0 Å². The summed E-state index contributed by atoms with van der Waals surface area (Å²) in [5.41, 5.74) is -1.25. The predicted octanol–water partition coefficient (Wildman–Crippen LogP) is 4.66. The highest BCUT2D eigenvalue weighted by Gasteiger charge is 2.37. The maximum atomic E-state index is 13.0. The third-order valence-corrected chi connectivity index (χ3v) is 5.14. The molecule has 1 saturated carbocycles. The second-order valence-corrected chi connectivity index (χ2v) is 8.20. The van der Waals surface area contributed by atoms with Gasteiger partial charge in [0.1, 0.15) is 0 Å². The molecule has 5 nitrogen and oxygen atoms in total. The second-order valence-electron chi connectivity index (χ2n) is 8.20. The van der Waals surface area contributed by atoms with Gasteiger partial charge in [0.15, 0.2) is 0 Å². The summed E-state index contributed by atoms with van der Waals surface area (Å²) < 4.78 is 39.1. The third-order valence-electron chi connectivity index (χ3n) is 5.14. The van der Waals surface area contributed by atoms with Gasteiger partial charge in [-0.1, -0.05) is 18.2 Å². The molecule has 0 aliphatic heterocycles. The molecule has 156 valence electrons. The van der Waals surface area contributed by atoms with E-state index in [4.69, 9.17) is 0 Å². The highest BCUT2D eigenvalue weighted by Crippen LogP contribution is 2.33. The average Bonchev–Trinajstić information content (AvgIpc) is 2.58. The van der Waals surface area contributed by atoms with Crippen molar-refractivity contribution < 1.29 is 27.9 Å². The zero-order chi connectivity index (χ0) is 21.1. The topological polar surface area (TPSA) is 69.6 Å². The van der Waals surface area contributed by atoms with Crippen LogP contribution in [0.15, 0.2) is 24.3 Å². The summed E-state index contributed by atoms with van der Waals surface area (Å²) in [5, 5.41) is 12.1. The fourth-order valence-electron chi connectivity index (χ4n) is 3.86. The summed E-state index contributed by atoms with van der Waals surface area (Å²) in [4.78, 5) is 25.4. The fraction of sp³-hybridized carbons (Fsp3) is 0.600. The monoisotopic (exact) mass is 400 g/mol. The van der Waals surface area contributed by atoms with Crippen molar-refractivity contribution in [3.05, 3.63) is 35.4 Å². The number of benzene rings is 1. The number of hydrogen-bond donors (Lipinski definition) is 2. The largest absolute Gasteiger partial charge is 0.465 e. The molecule has 2 amide bonds. The van der Waals surface area contributed by atoms with Crippen molar-refractivity contribution in [2.45, 2.75) is 70.8 Å². The van der Waals surface area contributed by atoms with Gasteiger partial charge in [-0.2, -0.15) is 13.2 Å². The van der Waals surface area contributed by atoms with Crippen LogP contribution in [0.25, 0.3) is 0 Å². The van der Waals surface area contributed by atoms with Crippen LogP contribution in [-0.2, 0) is 17.5 Å². The van der Waals surface area contributed by atoms with Gasteiger partial charge in [0.2, 0.25) is 5.91 Å². The van der Waals surface area contributed by atoms with Crippen LogP contribution in [0.1, 0.15) is 57.6 Å². The van der Waals surface area contributed by atoms with Crippen molar-refractivity contribution in [3.8, 4) is 0 Å². The first-order chi connectivity index (χ1) is 12.9. The molecule has 2 rings (SSSR count). The molecule has 1 aromatic rings. The molecular weight excluding hydrogens is 373 g/mol. The minimum absolute atomic E-state index is 0.0295. The first-order valence-corrected chi connectivity index (χ1v) is 9.36. The third kappa shape index (κ3) is 5.39. The van der Waals surface area contributed by atoms with Crippen LogP contribution in [0, 0.1) is 5.92 Å². The quantitative estimate of drug-likeness (QED) is 0.772. The minimum atomic E-state index is -4.47. The first-order valence-electron chi connectivity index (χ1n) is 9.36. The van der Waals surface area contributed by atoms with E-state index in [2.05, 4.69) is 5.32 Å². The summed E-state index contributed by atoms with van der Waals surface area (Å²) in [5.74, 6) is -0.599. The van der Waals surface area contributed by atoms with Crippen LogP contribution in [0.2, 0.25) is 0 Å². The van der Waals surface area contributed by atoms with Gasteiger partial charge in [0.05, 0.1) is 5.56 Å². The number of carboxylic acid groups (broad SMARTS) is 1. The molecular formula is C20H27F3N2O3. The van der Waals surface area contributed by atoms with Crippen LogP contribution < -0.4 is 5.32 Å². The zero-order valence-corrected chi connectivity index (χ0v) is 16.3. The molecule has 0 heterocycles. The summed E-state index contributed by atoms with van der Waals surface area (Å²) >= 11 is 0. The summed E-state index contributed by atoms with van der Waals surface area (Å²) in [7, 11) is 0.